The molecule has 7 nitrogen and oxygen atoms in total. The third kappa shape index (κ3) is 5.47. The molecule has 4 unspecified atom stereocenters. The quantitative estimate of drug-likeness (QED) is 0.585. The molecule has 0 bridgehead atoms. The lowest BCUT2D eigenvalue weighted by molar-refractivity contribution is -0.131. The first-order valence-corrected chi connectivity index (χ1v) is 14.7. The molecule has 1 fully saturated rings. The van der Waals surface area contributed by atoms with Crippen LogP contribution in [0.2, 0.25) is 18.1 Å². The first-order chi connectivity index (χ1) is 15.9. The fraction of sp³-hybridized carbons (Fsp3) is 0.560. The summed E-state index contributed by atoms with van der Waals surface area (Å²) in [6.07, 6.45) is -0.435. The number of nitrogens with zero attached hydrogens (tertiary/aromatic N) is 2. The van der Waals surface area contributed by atoms with Gasteiger partial charge >= 0.3 is 5.69 Å². The van der Waals surface area contributed by atoms with Crippen molar-refractivity contribution in [1.29, 1.82) is 0 Å². The Morgan fingerprint density at radius 1 is 1.29 bits per heavy atom. The number of alkyl halides is 1. The molecule has 0 spiro atoms. The van der Waals surface area contributed by atoms with Crippen LogP contribution in [0.4, 0.5) is 10.2 Å². The summed E-state index contributed by atoms with van der Waals surface area (Å²) < 4.78 is 29.7. The molecule has 1 amide bonds. The van der Waals surface area contributed by atoms with Crippen molar-refractivity contribution in [2.24, 2.45) is 0 Å². The number of anilines is 1. The van der Waals surface area contributed by atoms with Crippen molar-refractivity contribution in [2.75, 3.05) is 11.9 Å². The Kier molecular flexibility index (Phi) is 7.79. The van der Waals surface area contributed by atoms with Crippen LogP contribution in [-0.2, 0) is 9.16 Å². The van der Waals surface area contributed by atoms with E-state index in [-0.39, 0.29) is 29.5 Å². The third-order valence-electron chi connectivity index (χ3n) is 6.93. The number of hydrogen-bond acceptors (Lipinski definition) is 5. The number of rotatable bonds is 6. The Morgan fingerprint density at radius 3 is 2.53 bits per heavy atom. The minimum absolute atomic E-state index is 0.0494. The van der Waals surface area contributed by atoms with Crippen molar-refractivity contribution in [1.82, 2.24) is 9.55 Å². The molecule has 1 N–H and O–H groups in total. The Morgan fingerprint density at radius 2 is 1.94 bits per heavy atom. The third-order valence-corrected chi connectivity index (χ3v) is 11.4. The van der Waals surface area contributed by atoms with E-state index in [1.54, 1.807) is 31.2 Å². The van der Waals surface area contributed by atoms with Gasteiger partial charge in [-0.1, -0.05) is 45.9 Å². The summed E-state index contributed by atoms with van der Waals surface area (Å²) in [4.78, 5) is 29.4. The normalized spacial score (nSPS) is 23.5. The molecular formula is C25H36FN3O4Si. The number of hydrogen-bond donors (Lipinski definition) is 1. The highest BCUT2D eigenvalue weighted by molar-refractivity contribution is 6.74. The summed E-state index contributed by atoms with van der Waals surface area (Å²) in [6.45, 7) is 14.2. The predicted octanol–water partition coefficient (Wildman–Crippen LogP) is 4.88. The number of carbonyl (C=O) groups excluding carboxylic acids is 1. The van der Waals surface area contributed by atoms with Gasteiger partial charge in [0.15, 0.2) is 14.5 Å². The number of carbonyl (C=O) groups is 1. The van der Waals surface area contributed by atoms with Crippen LogP contribution in [0.3, 0.4) is 0 Å². The summed E-state index contributed by atoms with van der Waals surface area (Å²) in [5.41, 5.74) is 0.357. The first-order valence-electron chi connectivity index (χ1n) is 11.8. The number of halogens is 1. The van der Waals surface area contributed by atoms with Gasteiger partial charge in [-0.2, -0.15) is 4.98 Å². The SMILES string of the molecule is CCC1OCC(n2cc(C)c(NC(=O)c3ccccc3)nc2=O)C(F)C1O[Si](C)(C)C(C)(C)C. The zero-order chi connectivity index (χ0) is 25.3. The van der Waals surface area contributed by atoms with Crippen molar-refractivity contribution in [2.45, 2.75) is 83.6 Å². The van der Waals surface area contributed by atoms with Crippen molar-refractivity contribution in [3.05, 3.63) is 58.1 Å². The molecule has 2 heterocycles. The second-order valence-electron chi connectivity index (χ2n) is 10.4. The largest absolute Gasteiger partial charge is 0.408 e. The van der Waals surface area contributed by atoms with E-state index in [4.69, 9.17) is 9.16 Å². The predicted molar refractivity (Wildman–Crippen MR) is 134 cm³/mol. The number of ether oxygens (including phenoxy) is 1. The Labute approximate surface area is 201 Å². The van der Waals surface area contributed by atoms with Gasteiger partial charge in [0.2, 0.25) is 0 Å². The average molecular weight is 490 g/mol. The van der Waals surface area contributed by atoms with Gasteiger partial charge in [0.05, 0.1) is 18.8 Å². The molecule has 2 aromatic rings. The Balaban J connectivity index is 1.86. The molecule has 0 radical (unpaired) electrons. The fourth-order valence-corrected chi connectivity index (χ4v) is 5.09. The standard InChI is InChI=1S/C25H36FN3O4Si/c1-8-19-21(33-34(6,7)25(3,4)5)20(26)18(15-32-19)29-14-16(2)22(28-24(29)31)27-23(30)17-12-10-9-11-13-17/h9-14,18-21H,8,15H2,1-7H3,(H,27,28,30,31). The van der Waals surface area contributed by atoms with Crippen LogP contribution in [0.1, 0.15) is 56.1 Å². The van der Waals surface area contributed by atoms with Gasteiger partial charge in [-0.15, -0.1) is 0 Å². The van der Waals surface area contributed by atoms with Gasteiger partial charge in [0, 0.05) is 17.3 Å². The maximum absolute atomic E-state index is 16.0. The molecule has 1 aliphatic heterocycles. The van der Waals surface area contributed by atoms with Crippen LogP contribution in [0.15, 0.2) is 41.3 Å². The first kappa shape index (κ1) is 26.2. The van der Waals surface area contributed by atoms with E-state index in [9.17, 15) is 9.59 Å². The van der Waals surface area contributed by atoms with E-state index in [1.807, 2.05) is 13.0 Å². The molecule has 1 aromatic carbocycles. The zero-order valence-corrected chi connectivity index (χ0v) is 22.1. The van der Waals surface area contributed by atoms with Gasteiger partial charge in [0.25, 0.3) is 5.91 Å². The average Bonchev–Trinajstić information content (AvgIpc) is 2.77. The number of aromatic nitrogens is 2. The molecule has 1 saturated heterocycles. The topological polar surface area (TPSA) is 82.5 Å². The van der Waals surface area contributed by atoms with Crippen molar-refractivity contribution < 1.29 is 18.3 Å². The minimum Gasteiger partial charge on any atom is -0.408 e. The Bertz CT molecular complexity index is 1070. The molecule has 9 heteroatoms. The van der Waals surface area contributed by atoms with Gasteiger partial charge in [-0.25, -0.2) is 9.18 Å². The van der Waals surface area contributed by atoms with Crippen LogP contribution >= 0.6 is 0 Å². The summed E-state index contributed by atoms with van der Waals surface area (Å²) in [5.74, 6) is -0.214. The number of aryl methyl sites for hydroxylation is 1. The van der Waals surface area contributed by atoms with Crippen LogP contribution in [0.5, 0.6) is 0 Å². The van der Waals surface area contributed by atoms with E-state index in [0.717, 1.165) is 0 Å². The maximum Gasteiger partial charge on any atom is 0.349 e. The van der Waals surface area contributed by atoms with Gasteiger partial charge in [-0.3, -0.25) is 9.36 Å². The van der Waals surface area contributed by atoms with Crippen molar-refractivity contribution in [3.63, 3.8) is 0 Å². The zero-order valence-electron chi connectivity index (χ0n) is 21.1. The molecule has 0 saturated carbocycles. The molecule has 1 aliphatic rings. The van der Waals surface area contributed by atoms with E-state index < -0.39 is 32.3 Å². The van der Waals surface area contributed by atoms with E-state index >= 15 is 4.39 Å². The summed E-state index contributed by atoms with van der Waals surface area (Å²) >= 11 is 0. The molecule has 0 aliphatic carbocycles. The van der Waals surface area contributed by atoms with Crippen LogP contribution in [-0.4, -0.2) is 48.8 Å². The molecule has 1 aromatic heterocycles. The van der Waals surface area contributed by atoms with Gasteiger partial charge in [0.1, 0.15) is 11.9 Å². The highest BCUT2D eigenvalue weighted by atomic mass is 28.4. The van der Waals surface area contributed by atoms with E-state index in [2.05, 4.69) is 44.2 Å². The monoisotopic (exact) mass is 489 g/mol. The number of nitrogens with one attached hydrogen (secondary N) is 1. The minimum atomic E-state index is -2.28. The lowest BCUT2D eigenvalue weighted by atomic mass is 9.97. The van der Waals surface area contributed by atoms with E-state index in [1.165, 1.54) is 10.8 Å². The van der Waals surface area contributed by atoms with Gasteiger partial charge < -0.3 is 14.5 Å². The summed E-state index contributed by atoms with van der Waals surface area (Å²) in [7, 11) is -2.28. The summed E-state index contributed by atoms with van der Waals surface area (Å²) in [5, 5.41) is 2.58. The van der Waals surface area contributed by atoms with Crippen molar-refractivity contribution >= 4 is 20.0 Å². The molecule has 34 heavy (non-hydrogen) atoms. The van der Waals surface area contributed by atoms with Crippen LogP contribution < -0.4 is 11.0 Å². The molecule has 3 rings (SSSR count). The maximum atomic E-state index is 16.0. The number of amides is 1. The van der Waals surface area contributed by atoms with Crippen molar-refractivity contribution in [3.8, 4) is 0 Å². The lowest BCUT2D eigenvalue weighted by Crippen LogP contribution is -2.56. The molecule has 186 valence electrons. The summed E-state index contributed by atoms with van der Waals surface area (Å²) in [6, 6.07) is 7.80. The van der Waals surface area contributed by atoms with Crippen LogP contribution in [0.25, 0.3) is 0 Å². The smallest absolute Gasteiger partial charge is 0.349 e. The second kappa shape index (κ2) is 10.1. The highest BCUT2D eigenvalue weighted by Crippen LogP contribution is 2.40. The second-order valence-corrected chi connectivity index (χ2v) is 15.2. The molecular weight excluding hydrogens is 453 g/mol. The fourth-order valence-electron chi connectivity index (χ4n) is 3.77. The Hall–Kier alpha value is -2.36. The molecule has 4 atom stereocenters. The van der Waals surface area contributed by atoms with Gasteiger partial charge in [-0.05, 0) is 43.6 Å². The van der Waals surface area contributed by atoms with E-state index in [0.29, 0.717) is 17.5 Å². The lowest BCUT2D eigenvalue weighted by Gasteiger charge is -2.46. The van der Waals surface area contributed by atoms with Crippen LogP contribution in [0, 0.1) is 6.92 Å². The number of benzene rings is 1. The highest BCUT2D eigenvalue weighted by Gasteiger charge is 2.48.